The second-order valence-electron chi connectivity index (χ2n) is 3.77. The predicted octanol–water partition coefficient (Wildman–Crippen LogP) is 0.933. The van der Waals surface area contributed by atoms with Gasteiger partial charge in [0.25, 0.3) is 0 Å². The average Bonchev–Trinajstić information content (AvgIpc) is 2.36. The fourth-order valence-electron chi connectivity index (χ4n) is 1.34. The highest BCUT2D eigenvalue weighted by Gasteiger charge is 2.08. The number of likely N-dealkylation sites (N-methyl/N-ethyl adjacent to an activating group) is 1. The molecule has 0 aliphatic heterocycles. The van der Waals surface area contributed by atoms with Gasteiger partial charge in [-0.05, 0) is 7.05 Å². The van der Waals surface area contributed by atoms with Gasteiger partial charge in [-0.15, -0.1) is 0 Å². The van der Waals surface area contributed by atoms with Crippen molar-refractivity contribution in [2.24, 2.45) is 0 Å². The van der Waals surface area contributed by atoms with Crippen LogP contribution in [0, 0.1) is 0 Å². The second-order valence-corrected chi connectivity index (χ2v) is 4.13. The molecular weight excluding hydrogens is 256 g/mol. The average molecular weight is 273 g/mol. The van der Waals surface area contributed by atoms with Gasteiger partial charge in [0.05, 0.1) is 12.2 Å². The van der Waals surface area contributed by atoms with Gasteiger partial charge >= 0.3 is 0 Å². The molecule has 100 valence electrons. The van der Waals surface area contributed by atoms with E-state index < -0.39 is 0 Å². The molecule has 6 nitrogen and oxygen atoms in total. The molecule has 0 saturated heterocycles. The first-order valence-electron chi connectivity index (χ1n) is 5.56. The number of rotatable bonds is 8. The van der Waals surface area contributed by atoms with E-state index in [1.165, 1.54) is 6.33 Å². The molecule has 0 aliphatic rings. The number of aldehydes is 1. The summed E-state index contributed by atoms with van der Waals surface area (Å²) in [4.78, 5) is 20.7. The Labute approximate surface area is 111 Å². The topological polar surface area (TPSA) is 67.3 Å². The zero-order valence-corrected chi connectivity index (χ0v) is 11.3. The van der Waals surface area contributed by atoms with E-state index in [2.05, 4.69) is 20.2 Å². The maximum Gasteiger partial charge on any atom is 0.156 e. The van der Waals surface area contributed by atoms with Crippen LogP contribution in [0.3, 0.4) is 0 Å². The van der Waals surface area contributed by atoms with Gasteiger partial charge < -0.3 is 15.0 Å². The monoisotopic (exact) mass is 272 g/mol. The van der Waals surface area contributed by atoms with Crippen LogP contribution in [0.15, 0.2) is 6.33 Å². The van der Waals surface area contributed by atoms with Crippen LogP contribution in [-0.2, 0) is 4.74 Å². The summed E-state index contributed by atoms with van der Waals surface area (Å²) in [6, 6.07) is 0. The van der Waals surface area contributed by atoms with Gasteiger partial charge in [-0.2, -0.15) is 0 Å². The van der Waals surface area contributed by atoms with E-state index in [4.69, 9.17) is 16.3 Å². The first-order chi connectivity index (χ1) is 8.69. The van der Waals surface area contributed by atoms with Crippen LogP contribution in [0.4, 0.5) is 5.82 Å². The number of methoxy groups -OCH3 is 1. The minimum absolute atomic E-state index is 0.162. The third kappa shape index (κ3) is 4.56. The molecule has 0 bridgehead atoms. The fraction of sp³-hybridized carbons (Fsp3) is 0.545. The summed E-state index contributed by atoms with van der Waals surface area (Å²) in [6.45, 7) is 3.01. The first kappa shape index (κ1) is 14.8. The molecule has 0 fully saturated rings. The molecule has 1 N–H and O–H groups in total. The number of anilines is 1. The van der Waals surface area contributed by atoms with Crippen LogP contribution in [0.1, 0.15) is 10.4 Å². The van der Waals surface area contributed by atoms with Gasteiger partial charge in [0, 0.05) is 26.7 Å². The molecule has 0 atom stereocenters. The van der Waals surface area contributed by atoms with E-state index in [1.807, 2.05) is 7.05 Å². The Balaban J connectivity index is 2.44. The summed E-state index contributed by atoms with van der Waals surface area (Å²) < 4.78 is 4.98. The van der Waals surface area contributed by atoms with Crippen molar-refractivity contribution < 1.29 is 9.53 Å². The number of aromatic nitrogens is 2. The van der Waals surface area contributed by atoms with Crippen molar-refractivity contribution in [3.8, 4) is 0 Å². The summed E-state index contributed by atoms with van der Waals surface area (Å²) in [5, 5.41) is 3.23. The van der Waals surface area contributed by atoms with Gasteiger partial charge in [0.1, 0.15) is 17.3 Å². The molecule has 1 aromatic heterocycles. The Morgan fingerprint density at radius 2 is 2.28 bits per heavy atom. The number of nitrogens with zero attached hydrogens (tertiary/aromatic N) is 3. The number of halogens is 1. The Bertz CT molecular complexity index is 389. The largest absolute Gasteiger partial charge is 0.383 e. The Kier molecular flexibility index (Phi) is 6.56. The Morgan fingerprint density at radius 1 is 1.50 bits per heavy atom. The minimum Gasteiger partial charge on any atom is -0.383 e. The van der Waals surface area contributed by atoms with Crippen LogP contribution < -0.4 is 5.32 Å². The molecule has 1 rings (SSSR count). The van der Waals surface area contributed by atoms with Gasteiger partial charge in [0.2, 0.25) is 0 Å². The zero-order chi connectivity index (χ0) is 13.4. The lowest BCUT2D eigenvalue weighted by Crippen LogP contribution is -2.28. The molecule has 1 heterocycles. The number of carbonyl (C=O) groups excluding carboxylic acids is 1. The molecule has 0 aromatic carbocycles. The van der Waals surface area contributed by atoms with Crippen molar-refractivity contribution >= 4 is 23.7 Å². The van der Waals surface area contributed by atoms with Crippen LogP contribution >= 0.6 is 11.6 Å². The van der Waals surface area contributed by atoms with Crippen LogP contribution in [0.5, 0.6) is 0 Å². The molecule has 0 unspecified atom stereocenters. The summed E-state index contributed by atoms with van der Waals surface area (Å²) in [5.74, 6) is 0.463. The number of hydrogen-bond acceptors (Lipinski definition) is 6. The lowest BCUT2D eigenvalue weighted by molar-refractivity contribution is 0.112. The fourth-order valence-corrected chi connectivity index (χ4v) is 1.52. The quantitative estimate of drug-likeness (QED) is 0.561. The summed E-state index contributed by atoms with van der Waals surface area (Å²) in [5.41, 5.74) is 0.290. The standard InChI is InChI=1S/C11H17ClN4O2/c1-16(5-6-18-2)4-3-13-11-9(7-17)10(12)14-8-15-11/h7-8H,3-6H2,1-2H3,(H,13,14,15). The molecule has 0 amide bonds. The van der Waals surface area contributed by atoms with Gasteiger partial charge in [-0.3, -0.25) is 4.79 Å². The highest BCUT2D eigenvalue weighted by Crippen LogP contribution is 2.16. The van der Waals surface area contributed by atoms with E-state index in [0.717, 1.165) is 13.1 Å². The van der Waals surface area contributed by atoms with Crippen LogP contribution in [-0.4, -0.2) is 61.6 Å². The maximum absolute atomic E-state index is 10.9. The third-order valence-corrected chi connectivity index (χ3v) is 2.72. The first-order valence-corrected chi connectivity index (χ1v) is 5.94. The van der Waals surface area contributed by atoms with E-state index in [1.54, 1.807) is 7.11 Å². The Hall–Kier alpha value is -1.24. The molecule has 1 aromatic rings. The summed E-state index contributed by atoms with van der Waals surface area (Å²) in [6.07, 6.45) is 1.98. The number of nitrogens with one attached hydrogen (secondary N) is 1. The van der Waals surface area contributed by atoms with Crippen molar-refractivity contribution in [1.29, 1.82) is 0 Å². The van der Waals surface area contributed by atoms with E-state index in [0.29, 0.717) is 30.8 Å². The summed E-state index contributed by atoms with van der Waals surface area (Å²) >= 11 is 5.79. The van der Waals surface area contributed by atoms with Crippen molar-refractivity contribution in [3.63, 3.8) is 0 Å². The highest BCUT2D eigenvalue weighted by molar-refractivity contribution is 6.32. The van der Waals surface area contributed by atoms with E-state index in [-0.39, 0.29) is 5.15 Å². The smallest absolute Gasteiger partial charge is 0.156 e. The van der Waals surface area contributed by atoms with Crippen molar-refractivity contribution in [2.45, 2.75) is 0 Å². The molecule has 7 heteroatoms. The molecule has 18 heavy (non-hydrogen) atoms. The lowest BCUT2D eigenvalue weighted by Gasteiger charge is -2.16. The molecular formula is C11H17ClN4O2. The number of hydrogen-bond donors (Lipinski definition) is 1. The summed E-state index contributed by atoms with van der Waals surface area (Å²) in [7, 11) is 3.67. The van der Waals surface area contributed by atoms with Crippen molar-refractivity contribution in [2.75, 3.05) is 45.7 Å². The van der Waals surface area contributed by atoms with Crippen molar-refractivity contribution in [1.82, 2.24) is 14.9 Å². The molecule has 0 aliphatic carbocycles. The number of carbonyl (C=O) groups is 1. The molecule has 0 saturated carbocycles. The normalized spacial score (nSPS) is 10.7. The highest BCUT2D eigenvalue weighted by atomic mass is 35.5. The molecule has 0 radical (unpaired) electrons. The van der Waals surface area contributed by atoms with Crippen LogP contribution in [0.2, 0.25) is 5.15 Å². The van der Waals surface area contributed by atoms with Crippen LogP contribution in [0.25, 0.3) is 0 Å². The van der Waals surface area contributed by atoms with E-state index >= 15 is 0 Å². The van der Waals surface area contributed by atoms with Gasteiger partial charge in [-0.25, -0.2) is 9.97 Å². The molecule has 0 spiro atoms. The van der Waals surface area contributed by atoms with Crippen molar-refractivity contribution in [3.05, 3.63) is 17.0 Å². The number of ether oxygens (including phenoxy) is 1. The SMILES string of the molecule is COCCN(C)CCNc1ncnc(Cl)c1C=O. The van der Waals surface area contributed by atoms with E-state index in [9.17, 15) is 4.79 Å². The zero-order valence-electron chi connectivity index (χ0n) is 10.5. The minimum atomic E-state index is 0.162. The van der Waals surface area contributed by atoms with Gasteiger partial charge in [-0.1, -0.05) is 11.6 Å². The lowest BCUT2D eigenvalue weighted by atomic mass is 10.3. The maximum atomic E-state index is 10.9. The predicted molar refractivity (Wildman–Crippen MR) is 70.3 cm³/mol. The second kappa shape index (κ2) is 7.97. The Morgan fingerprint density at radius 3 is 2.94 bits per heavy atom. The third-order valence-electron chi connectivity index (χ3n) is 2.42. The van der Waals surface area contributed by atoms with Gasteiger partial charge in [0.15, 0.2) is 6.29 Å².